The standard InChI is InChI=1S/C16H23N5O4/c1-5-20-16(15(21(22)23)11(3)17-20)19-7-6-13(8-19)24-9-14-10(2)18-25-12(14)4/h13H,5-9H2,1-4H3/t13-/m0/s1. The van der Waals surface area contributed by atoms with E-state index in [9.17, 15) is 10.1 Å². The molecule has 1 aliphatic heterocycles. The summed E-state index contributed by atoms with van der Waals surface area (Å²) in [4.78, 5) is 13.1. The van der Waals surface area contributed by atoms with Crippen LogP contribution in [0.15, 0.2) is 4.52 Å². The Kier molecular flexibility index (Phi) is 4.76. The molecule has 0 amide bonds. The molecule has 0 radical (unpaired) electrons. The number of aromatic nitrogens is 3. The van der Waals surface area contributed by atoms with Gasteiger partial charge in [0.15, 0.2) is 0 Å². The topological polar surface area (TPSA) is 99.5 Å². The van der Waals surface area contributed by atoms with Gasteiger partial charge in [-0.05, 0) is 34.1 Å². The molecule has 9 heteroatoms. The first-order valence-corrected chi connectivity index (χ1v) is 8.42. The first-order chi connectivity index (χ1) is 11.9. The zero-order valence-electron chi connectivity index (χ0n) is 15.0. The van der Waals surface area contributed by atoms with E-state index in [2.05, 4.69) is 10.3 Å². The minimum atomic E-state index is -0.345. The average Bonchev–Trinajstić information content (AvgIpc) is 3.23. The highest BCUT2D eigenvalue weighted by atomic mass is 16.6. The van der Waals surface area contributed by atoms with Crippen LogP contribution in [-0.4, -0.2) is 39.1 Å². The minimum Gasteiger partial charge on any atom is -0.371 e. The summed E-state index contributed by atoms with van der Waals surface area (Å²) in [5.74, 6) is 1.34. The normalized spacial score (nSPS) is 17.4. The van der Waals surface area contributed by atoms with Gasteiger partial charge in [-0.1, -0.05) is 5.16 Å². The second-order valence-electron chi connectivity index (χ2n) is 6.30. The smallest absolute Gasteiger partial charge is 0.333 e. The van der Waals surface area contributed by atoms with Gasteiger partial charge in [-0.15, -0.1) is 0 Å². The van der Waals surface area contributed by atoms with E-state index >= 15 is 0 Å². The van der Waals surface area contributed by atoms with E-state index in [0.717, 1.165) is 23.4 Å². The monoisotopic (exact) mass is 349 g/mol. The fourth-order valence-electron chi connectivity index (χ4n) is 3.27. The van der Waals surface area contributed by atoms with Crippen LogP contribution in [0.2, 0.25) is 0 Å². The van der Waals surface area contributed by atoms with Gasteiger partial charge in [0.05, 0.1) is 23.3 Å². The van der Waals surface area contributed by atoms with Crippen LogP contribution < -0.4 is 4.90 Å². The first-order valence-electron chi connectivity index (χ1n) is 8.42. The van der Waals surface area contributed by atoms with Crippen molar-refractivity contribution in [3.05, 3.63) is 32.8 Å². The molecule has 3 heterocycles. The molecule has 0 aliphatic carbocycles. The lowest BCUT2D eigenvalue weighted by atomic mass is 10.2. The maximum Gasteiger partial charge on any atom is 0.333 e. The number of hydrogen-bond acceptors (Lipinski definition) is 7. The summed E-state index contributed by atoms with van der Waals surface area (Å²) >= 11 is 0. The van der Waals surface area contributed by atoms with E-state index in [1.54, 1.807) is 11.6 Å². The predicted molar refractivity (Wildman–Crippen MR) is 90.7 cm³/mol. The van der Waals surface area contributed by atoms with Gasteiger partial charge in [-0.25, -0.2) is 4.68 Å². The molecule has 0 bridgehead atoms. The number of aryl methyl sites for hydroxylation is 4. The lowest BCUT2D eigenvalue weighted by molar-refractivity contribution is -0.384. The first kappa shape index (κ1) is 17.4. The van der Waals surface area contributed by atoms with Gasteiger partial charge in [0.2, 0.25) is 5.82 Å². The second kappa shape index (κ2) is 6.83. The van der Waals surface area contributed by atoms with Gasteiger partial charge in [0.25, 0.3) is 0 Å². The highest BCUT2D eigenvalue weighted by Gasteiger charge is 2.34. The fraction of sp³-hybridized carbons (Fsp3) is 0.625. The number of hydrogen-bond donors (Lipinski definition) is 0. The van der Waals surface area contributed by atoms with Crippen LogP contribution in [-0.2, 0) is 17.9 Å². The molecule has 0 aromatic carbocycles. The summed E-state index contributed by atoms with van der Waals surface area (Å²) in [6.45, 7) is 9.71. The molecule has 136 valence electrons. The molecule has 0 N–H and O–H groups in total. The lowest BCUT2D eigenvalue weighted by Crippen LogP contribution is -2.26. The van der Waals surface area contributed by atoms with Crippen molar-refractivity contribution in [1.29, 1.82) is 0 Å². The molecule has 1 atom stereocenters. The molecule has 2 aromatic rings. The van der Waals surface area contributed by atoms with Gasteiger partial charge < -0.3 is 14.2 Å². The van der Waals surface area contributed by atoms with Gasteiger partial charge in [0.1, 0.15) is 11.5 Å². The number of rotatable bonds is 6. The van der Waals surface area contributed by atoms with Crippen LogP contribution in [0.3, 0.4) is 0 Å². The van der Waals surface area contributed by atoms with Gasteiger partial charge >= 0.3 is 5.69 Å². The fourth-order valence-corrected chi connectivity index (χ4v) is 3.27. The zero-order valence-corrected chi connectivity index (χ0v) is 15.0. The molecule has 0 saturated carbocycles. The molecule has 9 nitrogen and oxygen atoms in total. The van der Waals surface area contributed by atoms with E-state index in [-0.39, 0.29) is 16.7 Å². The van der Waals surface area contributed by atoms with Crippen LogP contribution in [0.4, 0.5) is 11.5 Å². The number of ether oxygens (including phenoxy) is 1. The van der Waals surface area contributed by atoms with E-state index in [1.165, 1.54) is 0 Å². The Morgan fingerprint density at radius 2 is 2.12 bits per heavy atom. The summed E-state index contributed by atoms with van der Waals surface area (Å²) < 4.78 is 12.8. The molecule has 0 unspecified atom stereocenters. The lowest BCUT2D eigenvalue weighted by Gasteiger charge is -2.18. The molecular weight excluding hydrogens is 326 g/mol. The van der Waals surface area contributed by atoms with Crippen molar-refractivity contribution in [2.45, 2.75) is 53.4 Å². The maximum atomic E-state index is 11.4. The largest absolute Gasteiger partial charge is 0.371 e. The van der Waals surface area contributed by atoms with Crippen LogP contribution in [0.1, 0.15) is 36.1 Å². The van der Waals surface area contributed by atoms with Crippen molar-refractivity contribution in [3.63, 3.8) is 0 Å². The van der Waals surface area contributed by atoms with Crippen molar-refractivity contribution in [2.24, 2.45) is 0 Å². The Balaban J connectivity index is 1.72. The van der Waals surface area contributed by atoms with Crippen molar-refractivity contribution in [3.8, 4) is 0 Å². The summed E-state index contributed by atoms with van der Waals surface area (Å²) in [5.41, 5.74) is 2.34. The second-order valence-corrected chi connectivity index (χ2v) is 6.30. The van der Waals surface area contributed by atoms with Gasteiger partial charge in [-0.2, -0.15) is 5.10 Å². The van der Waals surface area contributed by atoms with E-state index in [1.807, 2.05) is 25.7 Å². The molecule has 3 rings (SSSR count). The number of anilines is 1. The van der Waals surface area contributed by atoms with E-state index in [0.29, 0.717) is 37.8 Å². The highest BCUT2D eigenvalue weighted by molar-refractivity contribution is 5.62. The Morgan fingerprint density at radius 3 is 2.72 bits per heavy atom. The SMILES string of the molecule is CCn1nc(C)c([N+](=O)[O-])c1N1CC[C@H](OCc2c(C)noc2C)C1. The van der Waals surface area contributed by atoms with E-state index in [4.69, 9.17) is 9.26 Å². The molecular formula is C16H23N5O4. The van der Waals surface area contributed by atoms with Crippen LogP contribution >= 0.6 is 0 Å². The summed E-state index contributed by atoms with van der Waals surface area (Å²) in [6.07, 6.45) is 0.822. The third-order valence-corrected chi connectivity index (χ3v) is 4.64. The molecule has 25 heavy (non-hydrogen) atoms. The quantitative estimate of drug-likeness (QED) is 0.583. The molecule has 1 saturated heterocycles. The van der Waals surface area contributed by atoms with Crippen molar-refractivity contribution >= 4 is 11.5 Å². The minimum absolute atomic E-state index is 0.00816. The van der Waals surface area contributed by atoms with Crippen molar-refractivity contribution in [2.75, 3.05) is 18.0 Å². The Morgan fingerprint density at radius 1 is 1.36 bits per heavy atom. The van der Waals surface area contributed by atoms with Crippen LogP contribution in [0.25, 0.3) is 0 Å². The summed E-state index contributed by atoms with van der Waals surface area (Å²) in [6, 6.07) is 0. The molecule has 1 fully saturated rings. The molecule has 2 aromatic heterocycles. The van der Waals surface area contributed by atoms with Crippen LogP contribution in [0.5, 0.6) is 0 Å². The van der Waals surface area contributed by atoms with E-state index < -0.39 is 0 Å². The highest BCUT2D eigenvalue weighted by Crippen LogP contribution is 2.34. The Labute approximate surface area is 145 Å². The Hall–Kier alpha value is -2.42. The molecule has 0 spiro atoms. The van der Waals surface area contributed by atoms with Crippen LogP contribution in [0, 0.1) is 30.9 Å². The summed E-state index contributed by atoms with van der Waals surface area (Å²) in [7, 11) is 0. The average molecular weight is 349 g/mol. The predicted octanol–water partition coefficient (Wildman–Crippen LogP) is 2.52. The molecule has 1 aliphatic rings. The van der Waals surface area contributed by atoms with Crippen molar-refractivity contribution < 1.29 is 14.2 Å². The summed E-state index contributed by atoms with van der Waals surface area (Å²) in [5, 5.41) is 19.7. The van der Waals surface area contributed by atoms with Gasteiger partial charge in [-0.3, -0.25) is 10.1 Å². The van der Waals surface area contributed by atoms with Crippen molar-refractivity contribution in [1.82, 2.24) is 14.9 Å². The Bertz CT molecular complexity index is 762. The zero-order chi connectivity index (χ0) is 18.1. The number of nitro groups is 1. The van der Waals surface area contributed by atoms with Gasteiger partial charge in [0, 0.05) is 25.2 Å². The third kappa shape index (κ3) is 3.23. The number of nitrogens with zero attached hydrogens (tertiary/aromatic N) is 5. The maximum absolute atomic E-state index is 11.4. The third-order valence-electron chi connectivity index (χ3n) is 4.64.